The predicted octanol–water partition coefficient (Wildman–Crippen LogP) is 3.09. The van der Waals surface area contributed by atoms with Gasteiger partial charge in [-0.3, -0.25) is 0 Å². The zero-order valence-electron chi connectivity index (χ0n) is 9.16. The number of aliphatic hydroxyl groups is 1. The van der Waals surface area contributed by atoms with Gasteiger partial charge in [0, 0.05) is 13.7 Å². The molecule has 1 nitrogen and oxygen atoms in total. The van der Waals surface area contributed by atoms with Gasteiger partial charge in [-0.15, -0.1) is 17.8 Å². The molecule has 0 spiro atoms. The van der Waals surface area contributed by atoms with Crippen molar-refractivity contribution in [1.29, 1.82) is 0 Å². The molecule has 0 saturated heterocycles. The maximum Gasteiger partial charge on any atom is 0.149 e. The SMILES string of the molecule is C#CC(O)c1sccc1C.C[Si](C)C. The van der Waals surface area contributed by atoms with Gasteiger partial charge in [-0.2, -0.15) is 0 Å². The first kappa shape index (κ1) is 13.4. The smallest absolute Gasteiger partial charge is 0.149 e. The second-order valence-electron chi connectivity index (χ2n) is 3.54. The van der Waals surface area contributed by atoms with E-state index in [4.69, 9.17) is 6.42 Å². The van der Waals surface area contributed by atoms with Crippen molar-refractivity contribution >= 4 is 20.1 Å². The predicted molar refractivity (Wildman–Crippen MR) is 66.2 cm³/mol. The fraction of sp³-hybridized carbons (Fsp3) is 0.455. The van der Waals surface area contributed by atoms with Gasteiger partial charge >= 0.3 is 0 Å². The maximum absolute atomic E-state index is 9.17. The summed E-state index contributed by atoms with van der Waals surface area (Å²) in [4.78, 5) is 0.877. The Morgan fingerprint density at radius 3 is 2.29 bits per heavy atom. The molecule has 1 heterocycles. The van der Waals surface area contributed by atoms with E-state index in [2.05, 4.69) is 25.6 Å². The molecular formula is C11H17OSSi. The highest BCUT2D eigenvalue weighted by molar-refractivity contribution is 7.10. The Labute approximate surface area is 92.4 Å². The average Bonchev–Trinajstić information content (AvgIpc) is 2.49. The van der Waals surface area contributed by atoms with E-state index < -0.39 is 6.10 Å². The van der Waals surface area contributed by atoms with Gasteiger partial charge in [0.1, 0.15) is 6.10 Å². The van der Waals surface area contributed by atoms with Crippen LogP contribution in [0, 0.1) is 19.3 Å². The van der Waals surface area contributed by atoms with E-state index in [0.717, 1.165) is 10.4 Å². The molecule has 0 aliphatic heterocycles. The van der Waals surface area contributed by atoms with Crippen LogP contribution in [0.2, 0.25) is 19.6 Å². The van der Waals surface area contributed by atoms with Crippen molar-refractivity contribution in [2.24, 2.45) is 0 Å². The highest BCUT2D eigenvalue weighted by Crippen LogP contribution is 2.22. The number of terminal acetylenes is 1. The van der Waals surface area contributed by atoms with Crippen LogP contribution in [0.25, 0.3) is 0 Å². The molecule has 3 heteroatoms. The van der Waals surface area contributed by atoms with Crippen molar-refractivity contribution in [3.8, 4) is 12.3 Å². The first-order chi connectivity index (χ1) is 6.49. The normalized spacial score (nSPS) is 11.5. The van der Waals surface area contributed by atoms with Crippen LogP contribution in [0.1, 0.15) is 16.5 Å². The van der Waals surface area contributed by atoms with E-state index in [1.54, 1.807) is 0 Å². The summed E-state index contributed by atoms with van der Waals surface area (Å²) in [6.07, 6.45) is 4.32. The van der Waals surface area contributed by atoms with E-state index in [1.165, 1.54) is 11.3 Å². The monoisotopic (exact) mass is 225 g/mol. The van der Waals surface area contributed by atoms with Crippen LogP contribution in [0.3, 0.4) is 0 Å². The molecule has 1 rings (SSSR count). The van der Waals surface area contributed by atoms with Gasteiger partial charge in [0.25, 0.3) is 0 Å². The largest absolute Gasteiger partial charge is 0.375 e. The van der Waals surface area contributed by atoms with E-state index in [0.29, 0.717) is 0 Å². The highest BCUT2D eigenvalue weighted by Gasteiger charge is 2.06. The third kappa shape index (κ3) is 5.23. The summed E-state index contributed by atoms with van der Waals surface area (Å²) in [5, 5.41) is 11.1. The third-order valence-corrected chi connectivity index (χ3v) is 2.38. The summed E-state index contributed by atoms with van der Waals surface area (Å²) in [5.41, 5.74) is 1.07. The van der Waals surface area contributed by atoms with Crippen molar-refractivity contribution in [2.45, 2.75) is 32.7 Å². The van der Waals surface area contributed by atoms with Crippen molar-refractivity contribution in [2.75, 3.05) is 0 Å². The van der Waals surface area contributed by atoms with Gasteiger partial charge < -0.3 is 5.11 Å². The Kier molecular flexibility index (Phi) is 6.55. The van der Waals surface area contributed by atoms with E-state index >= 15 is 0 Å². The topological polar surface area (TPSA) is 20.2 Å². The molecule has 1 aromatic heterocycles. The van der Waals surface area contributed by atoms with Crippen LogP contribution in [0.4, 0.5) is 0 Å². The number of rotatable bonds is 1. The van der Waals surface area contributed by atoms with E-state index in [-0.39, 0.29) is 8.80 Å². The number of aryl methyl sites for hydroxylation is 1. The summed E-state index contributed by atoms with van der Waals surface area (Å²) in [6, 6.07) is 1.94. The maximum atomic E-state index is 9.17. The van der Waals surface area contributed by atoms with Crippen molar-refractivity contribution in [3.63, 3.8) is 0 Å². The Morgan fingerprint density at radius 2 is 2.00 bits per heavy atom. The van der Waals surface area contributed by atoms with Gasteiger partial charge in [0.2, 0.25) is 0 Å². The lowest BCUT2D eigenvalue weighted by atomic mass is 10.2. The standard InChI is InChI=1S/C8H8OS.C3H9Si/c1-3-7(9)8-6(2)4-5-10-8;1-4(2)3/h1,4-5,7,9H,2H3;1-3H3. The van der Waals surface area contributed by atoms with Crippen LogP contribution in [-0.2, 0) is 0 Å². The van der Waals surface area contributed by atoms with Crippen LogP contribution in [-0.4, -0.2) is 13.9 Å². The lowest BCUT2D eigenvalue weighted by molar-refractivity contribution is 0.242. The number of thiophene rings is 1. The van der Waals surface area contributed by atoms with Crippen LogP contribution in [0.15, 0.2) is 11.4 Å². The Hall–Kier alpha value is -0.563. The number of aliphatic hydroxyl groups excluding tert-OH is 1. The van der Waals surface area contributed by atoms with Gasteiger partial charge in [-0.05, 0) is 23.9 Å². The lowest BCUT2D eigenvalue weighted by Crippen LogP contribution is -1.90. The van der Waals surface area contributed by atoms with Crippen LogP contribution >= 0.6 is 11.3 Å². The molecule has 0 fully saturated rings. The summed E-state index contributed by atoms with van der Waals surface area (Å²) >= 11 is 1.49. The molecule has 1 atom stereocenters. The highest BCUT2D eigenvalue weighted by atomic mass is 32.1. The minimum absolute atomic E-state index is 0.120. The first-order valence-corrected chi connectivity index (χ1v) is 8.32. The quantitative estimate of drug-likeness (QED) is 0.575. The van der Waals surface area contributed by atoms with Crippen molar-refractivity contribution < 1.29 is 5.11 Å². The molecule has 0 bridgehead atoms. The average molecular weight is 225 g/mol. The molecule has 77 valence electrons. The molecule has 0 aromatic carbocycles. The lowest BCUT2D eigenvalue weighted by Gasteiger charge is -1.99. The second kappa shape index (κ2) is 6.83. The minimum atomic E-state index is -0.722. The van der Waals surface area contributed by atoms with E-state index in [9.17, 15) is 5.11 Å². The fourth-order valence-electron chi connectivity index (χ4n) is 0.740. The molecule has 0 aliphatic rings. The zero-order chi connectivity index (χ0) is 11.1. The Morgan fingerprint density at radius 1 is 1.50 bits per heavy atom. The van der Waals surface area contributed by atoms with Crippen LogP contribution in [0.5, 0.6) is 0 Å². The Balaban J connectivity index is 0.000000364. The molecule has 1 radical (unpaired) electrons. The second-order valence-corrected chi connectivity index (χ2v) is 7.48. The molecular weight excluding hydrogens is 208 g/mol. The van der Waals surface area contributed by atoms with Crippen molar-refractivity contribution in [3.05, 3.63) is 21.9 Å². The van der Waals surface area contributed by atoms with Gasteiger partial charge in [0.05, 0.1) is 0 Å². The summed E-state index contributed by atoms with van der Waals surface area (Å²) < 4.78 is 0. The first-order valence-electron chi connectivity index (χ1n) is 4.44. The van der Waals surface area contributed by atoms with Gasteiger partial charge in [-0.25, -0.2) is 0 Å². The molecule has 14 heavy (non-hydrogen) atoms. The molecule has 1 unspecified atom stereocenters. The van der Waals surface area contributed by atoms with E-state index in [1.807, 2.05) is 18.4 Å². The molecule has 0 saturated carbocycles. The summed E-state index contributed by atoms with van der Waals surface area (Å²) in [5.74, 6) is 2.27. The van der Waals surface area contributed by atoms with Crippen molar-refractivity contribution in [1.82, 2.24) is 0 Å². The molecule has 0 aliphatic carbocycles. The fourth-order valence-corrected chi connectivity index (χ4v) is 1.61. The van der Waals surface area contributed by atoms with Gasteiger partial charge in [0.15, 0.2) is 0 Å². The molecule has 1 aromatic rings. The van der Waals surface area contributed by atoms with Crippen LogP contribution < -0.4 is 0 Å². The number of hydrogen-bond acceptors (Lipinski definition) is 2. The summed E-state index contributed by atoms with van der Waals surface area (Å²) in [6.45, 7) is 8.74. The zero-order valence-corrected chi connectivity index (χ0v) is 11.0. The molecule has 0 amide bonds. The molecule has 1 N–H and O–H groups in total. The summed E-state index contributed by atoms with van der Waals surface area (Å²) in [7, 11) is 0.120. The number of hydrogen-bond donors (Lipinski definition) is 1. The third-order valence-electron chi connectivity index (χ3n) is 1.31. The minimum Gasteiger partial charge on any atom is -0.375 e. The van der Waals surface area contributed by atoms with Gasteiger partial charge in [-0.1, -0.05) is 25.6 Å². The Bertz CT molecular complexity index is 296.